The molecular formula is C21H34N2O3Si2. The van der Waals surface area contributed by atoms with Crippen molar-refractivity contribution in [2.24, 2.45) is 0 Å². The third-order valence-corrected chi connectivity index (χ3v) is 11.4. The van der Waals surface area contributed by atoms with Crippen molar-refractivity contribution >= 4 is 27.7 Å². The Kier molecular flexibility index (Phi) is 6.30. The van der Waals surface area contributed by atoms with E-state index in [4.69, 9.17) is 14.3 Å². The topological polar surface area (TPSA) is 53.3 Å². The van der Waals surface area contributed by atoms with Crippen LogP contribution in [0.1, 0.15) is 38.2 Å². The van der Waals surface area contributed by atoms with Crippen LogP contribution in [0, 0.1) is 0 Å². The Morgan fingerprint density at radius 3 is 2.11 bits per heavy atom. The molecule has 0 saturated carbocycles. The summed E-state index contributed by atoms with van der Waals surface area (Å²) in [5, 5.41) is 5.86. The van der Waals surface area contributed by atoms with Crippen molar-refractivity contribution in [2.75, 3.05) is 6.61 Å². The molecule has 0 radical (unpaired) electrons. The largest absolute Gasteiger partial charge is 0.544 e. The Hall–Kier alpha value is -1.87. The van der Waals surface area contributed by atoms with E-state index >= 15 is 0 Å². The molecule has 5 nitrogen and oxygen atoms in total. The molecule has 0 spiro atoms. The summed E-state index contributed by atoms with van der Waals surface area (Å²) in [5.41, 5.74) is 1.30. The maximum Gasteiger partial charge on any atom is 0.357 e. The fraction of sp³-hybridized carbons (Fsp3) is 0.524. The molecule has 0 aliphatic carbocycles. The lowest BCUT2D eigenvalue weighted by Crippen LogP contribution is -2.43. The van der Waals surface area contributed by atoms with E-state index in [-0.39, 0.29) is 11.0 Å². The summed E-state index contributed by atoms with van der Waals surface area (Å²) >= 11 is 0. The molecule has 0 bridgehead atoms. The summed E-state index contributed by atoms with van der Waals surface area (Å²) in [6, 6.07) is 9.70. The SMILES string of the molecule is CCOC(=O)c1cc([Si](C)(C)C)nn1-c1ccc(O[Si](C)(C)C(C)(C)C)cc1. The molecule has 0 fully saturated rings. The molecule has 2 aromatic rings. The summed E-state index contributed by atoms with van der Waals surface area (Å²) in [6.45, 7) is 19.9. The quantitative estimate of drug-likeness (QED) is 0.490. The highest BCUT2D eigenvalue weighted by atomic mass is 28.4. The molecule has 0 N–H and O–H groups in total. The van der Waals surface area contributed by atoms with Crippen LogP contribution in [-0.4, -0.2) is 38.7 Å². The summed E-state index contributed by atoms with van der Waals surface area (Å²) in [6.07, 6.45) is 0. The van der Waals surface area contributed by atoms with Crippen LogP contribution < -0.4 is 9.74 Å². The molecule has 0 saturated heterocycles. The van der Waals surface area contributed by atoms with Gasteiger partial charge in [-0.1, -0.05) is 40.4 Å². The minimum atomic E-state index is -1.89. The highest BCUT2D eigenvalue weighted by Crippen LogP contribution is 2.37. The highest BCUT2D eigenvalue weighted by molar-refractivity contribution is 6.88. The van der Waals surface area contributed by atoms with Gasteiger partial charge in [0, 0.05) is 5.32 Å². The van der Waals surface area contributed by atoms with Gasteiger partial charge in [0.2, 0.25) is 8.32 Å². The molecule has 1 aromatic heterocycles. The second-order valence-electron chi connectivity index (χ2n) is 9.65. The second-order valence-corrected chi connectivity index (χ2v) is 19.4. The Labute approximate surface area is 171 Å². The van der Waals surface area contributed by atoms with Crippen LogP contribution in [0.2, 0.25) is 37.8 Å². The highest BCUT2D eigenvalue weighted by Gasteiger charge is 2.39. The number of benzene rings is 1. The van der Waals surface area contributed by atoms with Crippen molar-refractivity contribution in [1.82, 2.24) is 9.78 Å². The first-order valence-electron chi connectivity index (χ1n) is 9.83. The summed E-state index contributed by atoms with van der Waals surface area (Å²) < 4.78 is 13.3. The molecule has 1 aromatic carbocycles. The average Bonchev–Trinajstić information content (AvgIpc) is 3.00. The Bertz CT molecular complexity index is 829. The maximum atomic E-state index is 12.5. The second kappa shape index (κ2) is 7.87. The molecule has 154 valence electrons. The number of hydrogen-bond donors (Lipinski definition) is 0. The van der Waals surface area contributed by atoms with Crippen LogP contribution >= 0.6 is 0 Å². The van der Waals surface area contributed by atoms with Crippen LogP contribution in [0.5, 0.6) is 5.75 Å². The van der Waals surface area contributed by atoms with Gasteiger partial charge >= 0.3 is 5.97 Å². The van der Waals surface area contributed by atoms with Crippen LogP contribution in [-0.2, 0) is 4.74 Å². The number of carbonyl (C=O) groups is 1. The average molecular weight is 419 g/mol. The number of nitrogens with zero attached hydrogens (tertiary/aromatic N) is 2. The maximum absolute atomic E-state index is 12.5. The fourth-order valence-electron chi connectivity index (χ4n) is 2.40. The molecule has 0 aliphatic heterocycles. The molecule has 0 unspecified atom stereocenters. The predicted molar refractivity (Wildman–Crippen MR) is 120 cm³/mol. The van der Waals surface area contributed by atoms with E-state index in [2.05, 4.69) is 53.5 Å². The fourth-order valence-corrected chi connectivity index (χ4v) is 4.40. The van der Waals surface area contributed by atoms with Crippen LogP contribution in [0.25, 0.3) is 5.69 Å². The zero-order chi connectivity index (χ0) is 21.3. The lowest BCUT2D eigenvalue weighted by molar-refractivity contribution is 0.0515. The molecule has 7 heteroatoms. The van der Waals surface area contributed by atoms with Crippen molar-refractivity contribution in [3.8, 4) is 11.4 Å². The first-order chi connectivity index (χ1) is 12.8. The van der Waals surface area contributed by atoms with Crippen molar-refractivity contribution in [2.45, 2.75) is 65.5 Å². The van der Waals surface area contributed by atoms with E-state index in [0.29, 0.717) is 12.3 Å². The van der Waals surface area contributed by atoms with Crippen LogP contribution in [0.4, 0.5) is 0 Å². The Balaban J connectivity index is 2.40. The van der Waals surface area contributed by atoms with E-state index in [1.165, 1.54) is 0 Å². The van der Waals surface area contributed by atoms with Gasteiger partial charge < -0.3 is 9.16 Å². The van der Waals surface area contributed by atoms with E-state index in [1.54, 1.807) is 4.68 Å². The van der Waals surface area contributed by atoms with Gasteiger partial charge in [-0.2, -0.15) is 5.10 Å². The Morgan fingerprint density at radius 2 is 1.64 bits per heavy atom. The minimum Gasteiger partial charge on any atom is -0.544 e. The van der Waals surface area contributed by atoms with Gasteiger partial charge in [0.05, 0.1) is 12.3 Å². The lowest BCUT2D eigenvalue weighted by atomic mass is 10.2. The standard InChI is InChI=1S/C21H34N2O3Si2/c1-10-25-20(24)18-15-19(27(5,6)7)22-23(18)16-11-13-17(14-12-16)26-28(8,9)21(2,3)4/h11-15H,10H2,1-9H3. The molecule has 0 aliphatic rings. The van der Waals surface area contributed by atoms with Gasteiger partial charge in [-0.3, -0.25) is 0 Å². The zero-order valence-corrected chi connectivity index (χ0v) is 20.7. The summed E-state index contributed by atoms with van der Waals surface area (Å²) in [4.78, 5) is 12.5. The number of carbonyl (C=O) groups excluding carboxylic acids is 1. The van der Waals surface area contributed by atoms with Gasteiger partial charge in [-0.15, -0.1) is 0 Å². The van der Waals surface area contributed by atoms with Crippen LogP contribution in [0.15, 0.2) is 30.3 Å². The van der Waals surface area contributed by atoms with Crippen molar-refractivity contribution < 1.29 is 14.0 Å². The first kappa shape index (κ1) is 22.4. The van der Waals surface area contributed by atoms with Crippen molar-refractivity contribution in [3.63, 3.8) is 0 Å². The van der Waals surface area contributed by atoms with E-state index < -0.39 is 16.4 Å². The van der Waals surface area contributed by atoms with Gasteiger partial charge in [0.1, 0.15) is 13.8 Å². The van der Waals surface area contributed by atoms with Crippen LogP contribution in [0.3, 0.4) is 0 Å². The van der Waals surface area contributed by atoms with Gasteiger partial charge in [0.15, 0.2) is 5.69 Å². The first-order valence-corrected chi connectivity index (χ1v) is 16.2. The number of hydrogen-bond acceptors (Lipinski definition) is 4. The van der Waals surface area contributed by atoms with E-state index in [1.807, 2.05) is 37.3 Å². The Morgan fingerprint density at radius 1 is 1.07 bits per heavy atom. The molecule has 2 rings (SSSR count). The number of esters is 1. The molecular weight excluding hydrogens is 384 g/mol. The third-order valence-electron chi connectivity index (χ3n) is 5.22. The predicted octanol–water partition coefficient (Wildman–Crippen LogP) is 4.98. The van der Waals surface area contributed by atoms with Crippen molar-refractivity contribution in [1.29, 1.82) is 0 Å². The number of rotatable bonds is 6. The van der Waals surface area contributed by atoms with Gasteiger partial charge in [-0.05, 0) is 55.4 Å². The number of ether oxygens (including phenoxy) is 1. The monoisotopic (exact) mass is 418 g/mol. The molecule has 1 heterocycles. The molecule has 0 amide bonds. The molecule has 28 heavy (non-hydrogen) atoms. The van der Waals surface area contributed by atoms with E-state index in [0.717, 1.165) is 16.8 Å². The molecule has 0 atom stereocenters. The lowest BCUT2D eigenvalue weighted by Gasteiger charge is -2.36. The zero-order valence-electron chi connectivity index (χ0n) is 18.7. The number of aromatic nitrogens is 2. The smallest absolute Gasteiger partial charge is 0.357 e. The van der Waals surface area contributed by atoms with E-state index in [9.17, 15) is 4.79 Å². The van der Waals surface area contributed by atoms with Crippen molar-refractivity contribution in [3.05, 3.63) is 36.0 Å². The third kappa shape index (κ3) is 4.94. The summed E-state index contributed by atoms with van der Waals surface area (Å²) in [7, 11) is -3.56. The minimum absolute atomic E-state index is 0.136. The normalized spacial score (nSPS) is 12.8. The summed E-state index contributed by atoms with van der Waals surface area (Å²) in [5.74, 6) is 0.506. The van der Waals surface area contributed by atoms with Gasteiger partial charge in [0.25, 0.3) is 0 Å². The van der Waals surface area contributed by atoms with Gasteiger partial charge in [-0.25, -0.2) is 9.48 Å².